The average molecular weight is 480 g/mol. The number of carboxylic acid groups (broad SMARTS) is 3. The lowest BCUT2D eigenvalue weighted by Crippen LogP contribution is -2.39. The van der Waals surface area contributed by atoms with E-state index in [1.54, 1.807) is 0 Å². The third-order valence-corrected chi connectivity index (χ3v) is 3.49. The van der Waals surface area contributed by atoms with Gasteiger partial charge in [0.15, 0.2) is 0 Å². The fourth-order valence-electron chi connectivity index (χ4n) is 1.37. The zero-order valence-corrected chi connectivity index (χ0v) is 18.9. The van der Waals surface area contributed by atoms with E-state index in [2.05, 4.69) is 0 Å². The van der Waals surface area contributed by atoms with Gasteiger partial charge in [0.2, 0.25) is 0 Å². The van der Waals surface area contributed by atoms with Crippen LogP contribution in [0.15, 0.2) is 30.3 Å². The van der Waals surface area contributed by atoms with Crippen molar-refractivity contribution in [3.63, 3.8) is 0 Å². The molecule has 13 nitrogen and oxygen atoms in total. The molecular weight excluding hydrogens is 442 g/mol. The lowest BCUT2D eigenvalue weighted by molar-refractivity contribution is -0.141. The Morgan fingerprint density at radius 1 is 0.758 bits per heavy atom. The van der Waals surface area contributed by atoms with Crippen LogP contribution < -0.4 is 17.2 Å². The van der Waals surface area contributed by atoms with Crippen LogP contribution in [0, 0.1) is 0 Å². The van der Waals surface area contributed by atoms with Crippen LogP contribution in [0.3, 0.4) is 0 Å². The molecule has 0 saturated carbocycles. The molecule has 33 heavy (non-hydrogen) atoms. The van der Waals surface area contributed by atoms with Crippen LogP contribution in [-0.2, 0) is 20.8 Å². The maximum absolute atomic E-state index is 10.4. The zero-order chi connectivity index (χ0) is 26.7. The molecule has 5 unspecified atom stereocenters. The molecule has 192 valence electrons. The summed E-state index contributed by atoms with van der Waals surface area (Å²) in [6, 6.07) is 6.23. The van der Waals surface area contributed by atoms with Crippen molar-refractivity contribution in [2.24, 2.45) is 17.2 Å². The first kappa shape index (κ1) is 35.0. The molecule has 1 rings (SSSR count). The summed E-state index contributed by atoms with van der Waals surface area (Å²) < 4.78 is 0. The van der Waals surface area contributed by atoms with Gasteiger partial charge in [0, 0.05) is 0 Å². The van der Waals surface area contributed by atoms with Gasteiger partial charge in [-0.1, -0.05) is 30.3 Å². The third-order valence-electron chi connectivity index (χ3n) is 3.49. The standard InChI is InChI=1S/C9H11NO2.2C4H9NO3.C3H8O2/c10-8(9(11)12)6-7-4-2-1-3-5-7;2*1-2(6)3(5)4(7)8;1-3(5)2-4/h1-5,8H,6,10H2,(H,11,12);2*2-3,6H,5H2,1H3,(H,7,8);3-5H,2H2,1H3/t8-;;;/m0.../s1. The molecule has 13 heteroatoms. The fraction of sp³-hybridized carbons (Fsp3) is 0.550. The molecular formula is C20H37N3O10. The second-order valence-electron chi connectivity index (χ2n) is 6.88. The van der Waals surface area contributed by atoms with E-state index < -0.39 is 54.3 Å². The number of nitrogens with two attached hydrogens (primary N) is 3. The lowest BCUT2D eigenvalue weighted by Gasteiger charge is -2.07. The van der Waals surface area contributed by atoms with Crippen LogP contribution in [-0.4, -0.2) is 96.7 Å². The van der Waals surface area contributed by atoms with Crippen molar-refractivity contribution < 1.29 is 50.1 Å². The van der Waals surface area contributed by atoms with E-state index in [-0.39, 0.29) is 6.61 Å². The molecule has 13 N–H and O–H groups in total. The molecule has 0 radical (unpaired) electrons. The highest BCUT2D eigenvalue weighted by Crippen LogP contribution is 2.01. The number of hydrogen-bond donors (Lipinski definition) is 10. The predicted molar refractivity (Wildman–Crippen MR) is 119 cm³/mol. The molecule has 0 bridgehead atoms. The SMILES string of the molecule is CC(O)C(N)C(=O)O.CC(O)C(N)C(=O)O.CC(O)CO.N[C@@H](Cc1ccccc1)C(=O)O. The van der Waals surface area contributed by atoms with Crippen molar-refractivity contribution in [1.82, 2.24) is 0 Å². The first-order chi connectivity index (χ1) is 15.1. The predicted octanol–water partition coefficient (Wildman–Crippen LogP) is -2.44. The van der Waals surface area contributed by atoms with E-state index in [0.717, 1.165) is 5.56 Å². The molecule has 0 spiro atoms. The summed E-state index contributed by atoms with van der Waals surface area (Å²) in [6.07, 6.45) is -2.13. The third kappa shape index (κ3) is 22.3. The number of carbonyl (C=O) groups is 3. The van der Waals surface area contributed by atoms with E-state index in [0.29, 0.717) is 6.42 Å². The summed E-state index contributed by atoms with van der Waals surface area (Å²) in [5.74, 6) is -3.32. The molecule has 0 fully saturated rings. The summed E-state index contributed by atoms with van der Waals surface area (Å²) >= 11 is 0. The van der Waals surface area contributed by atoms with E-state index in [4.69, 9.17) is 52.9 Å². The van der Waals surface area contributed by atoms with Crippen LogP contribution in [0.5, 0.6) is 0 Å². The van der Waals surface area contributed by atoms with Gasteiger partial charge in [-0.15, -0.1) is 0 Å². The van der Waals surface area contributed by atoms with Gasteiger partial charge < -0.3 is 52.9 Å². The Morgan fingerprint density at radius 3 is 1.27 bits per heavy atom. The van der Waals surface area contributed by atoms with Gasteiger partial charge in [0.05, 0.1) is 24.9 Å². The van der Waals surface area contributed by atoms with Crippen LogP contribution >= 0.6 is 0 Å². The first-order valence-electron chi connectivity index (χ1n) is 9.72. The van der Waals surface area contributed by atoms with Gasteiger partial charge in [0.25, 0.3) is 0 Å². The van der Waals surface area contributed by atoms with Crippen LogP contribution in [0.25, 0.3) is 0 Å². The van der Waals surface area contributed by atoms with Crippen molar-refractivity contribution in [3.05, 3.63) is 35.9 Å². The molecule has 0 heterocycles. The van der Waals surface area contributed by atoms with E-state index in [9.17, 15) is 14.4 Å². The summed E-state index contributed by atoms with van der Waals surface area (Å²) in [4.78, 5) is 30.1. The quantitative estimate of drug-likeness (QED) is 0.186. The Balaban J connectivity index is -0.000000382. The Hall–Kier alpha value is -2.65. The Morgan fingerprint density at radius 2 is 1.09 bits per heavy atom. The Labute approximate surface area is 192 Å². The highest BCUT2D eigenvalue weighted by atomic mass is 16.4. The highest BCUT2D eigenvalue weighted by Gasteiger charge is 2.17. The van der Waals surface area contributed by atoms with Gasteiger partial charge in [-0.3, -0.25) is 14.4 Å². The second kappa shape index (κ2) is 20.0. The molecule has 1 aromatic rings. The molecule has 0 aliphatic heterocycles. The van der Waals surface area contributed by atoms with Crippen molar-refractivity contribution in [3.8, 4) is 0 Å². The lowest BCUT2D eigenvalue weighted by atomic mass is 10.1. The van der Waals surface area contributed by atoms with Crippen LogP contribution in [0.2, 0.25) is 0 Å². The smallest absolute Gasteiger partial charge is 0.323 e. The summed E-state index contributed by atoms with van der Waals surface area (Å²) in [7, 11) is 0. The number of hydrogen-bond acceptors (Lipinski definition) is 10. The van der Waals surface area contributed by atoms with Gasteiger partial charge >= 0.3 is 17.9 Å². The molecule has 6 atom stereocenters. The summed E-state index contributed by atoms with van der Waals surface area (Å²) in [5.41, 5.74) is 16.1. The van der Waals surface area contributed by atoms with Crippen LogP contribution in [0.4, 0.5) is 0 Å². The zero-order valence-electron chi connectivity index (χ0n) is 18.9. The average Bonchev–Trinajstić information content (AvgIpc) is 2.74. The van der Waals surface area contributed by atoms with Crippen molar-refractivity contribution in [1.29, 1.82) is 0 Å². The molecule has 0 aliphatic carbocycles. The molecule has 0 amide bonds. The minimum atomic E-state index is -1.18. The normalized spacial score (nSPS) is 15.2. The second-order valence-corrected chi connectivity index (χ2v) is 6.88. The minimum absolute atomic E-state index is 0.139. The van der Waals surface area contributed by atoms with Gasteiger partial charge in [-0.25, -0.2) is 0 Å². The monoisotopic (exact) mass is 479 g/mol. The van der Waals surface area contributed by atoms with E-state index in [1.807, 2.05) is 30.3 Å². The van der Waals surface area contributed by atoms with Crippen LogP contribution in [0.1, 0.15) is 26.3 Å². The molecule has 0 aliphatic rings. The van der Waals surface area contributed by atoms with Gasteiger partial charge in [-0.2, -0.15) is 0 Å². The molecule has 1 aromatic carbocycles. The fourth-order valence-corrected chi connectivity index (χ4v) is 1.37. The largest absolute Gasteiger partial charge is 0.480 e. The Kier molecular flexibility index (Phi) is 21.2. The number of aliphatic carboxylic acids is 3. The minimum Gasteiger partial charge on any atom is -0.480 e. The van der Waals surface area contributed by atoms with E-state index in [1.165, 1.54) is 20.8 Å². The van der Waals surface area contributed by atoms with E-state index >= 15 is 0 Å². The van der Waals surface area contributed by atoms with Gasteiger partial charge in [-0.05, 0) is 32.8 Å². The van der Waals surface area contributed by atoms with Crippen molar-refractivity contribution in [2.45, 2.75) is 63.6 Å². The highest BCUT2D eigenvalue weighted by molar-refractivity contribution is 5.74. The summed E-state index contributed by atoms with van der Waals surface area (Å²) in [5, 5.41) is 57.6. The number of benzene rings is 1. The first-order valence-corrected chi connectivity index (χ1v) is 9.72. The maximum atomic E-state index is 10.4. The number of carboxylic acids is 3. The van der Waals surface area contributed by atoms with Crippen molar-refractivity contribution >= 4 is 17.9 Å². The van der Waals surface area contributed by atoms with Gasteiger partial charge in [0.1, 0.15) is 18.1 Å². The topological polar surface area (TPSA) is 271 Å². The number of rotatable bonds is 8. The van der Waals surface area contributed by atoms with Crippen molar-refractivity contribution in [2.75, 3.05) is 6.61 Å². The summed E-state index contributed by atoms with van der Waals surface area (Å²) in [6.45, 7) is 4.05. The maximum Gasteiger partial charge on any atom is 0.323 e. The Bertz CT molecular complexity index is 633. The molecule has 0 aromatic heterocycles. The number of aliphatic hydroxyl groups is 4. The number of aliphatic hydroxyl groups excluding tert-OH is 4. The molecule has 0 saturated heterocycles.